The van der Waals surface area contributed by atoms with E-state index in [-0.39, 0.29) is 0 Å². The topological polar surface area (TPSA) is 77.0 Å². The molecule has 0 radical (unpaired) electrons. The second kappa shape index (κ2) is 5.60. The lowest BCUT2D eigenvalue weighted by atomic mass is 10.2. The number of primary amides is 1. The van der Waals surface area contributed by atoms with Crippen LogP contribution in [0, 0.1) is 0 Å². The van der Waals surface area contributed by atoms with Crippen molar-refractivity contribution in [3.63, 3.8) is 0 Å². The SMILES string of the molecule is CCCc1c(C(N)=O)nnn1CCN(C)C. The summed E-state index contributed by atoms with van der Waals surface area (Å²) in [6, 6.07) is 0. The van der Waals surface area contributed by atoms with Crippen molar-refractivity contribution < 1.29 is 4.79 Å². The zero-order chi connectivity index (χ0) is 12.1. The zero-order valence-electron chi connectivity index (χ0n) is 10.1. The van der Waals surface area contributed by atoms with E-state index in [4.69, 9.17) is 5.73 Å². The number of carbonyl (C=O) groups excluding carboxylic acids is 1. The van der Waals surface area contributed by atoms with Crippen LogP contribution in [-0.4, -0.2) is 46.4 Å². The molecule has 0 saturated heterocycles. The van der Waals surface area contributed by atoms with E-state index in [1.165, 1.54) is 0 Å². The van der Waals surface area contributed by atoms with E-state index in [0.717, 1.165) is 31.6 Å². The van der Waals surface area contributed by atoms with Crippen LogP contribution < -0.4 is 5.73 Å². The van der Waals surface area contributed by atoms with E-state index in [9.17, 15) is 4.79 Å². The molecule has 0 bridgehead atoms. The highest BCUT2D eigenvalue weighted by atomic mass is 16.1. The third kappa shape index (κ3) is 3.03. The largest absolute Gasteiger partial charge is 0.364 e. The fraction of sp³-hybridized carbons (Fsp3) is 0.700. The van der Waals surface area contributed by atoms with Crippen LogP contribution in [0.2, 0.25) is 0 Å². The van der Waals surface area contributed by atoms with Gasteiger partial charge in [0, 0.05) is 6.54 Å². The maximum absolute atomic E-state index is 11.1. The number of rotatable bonds is 6. The van der Waals surface area contributed by atoms with Crippen LogP contribution in [0.5, 0.6) is 0 Å². The van der Waals surface area contributed by atoms with Crippen molar-refractivity contribution in [1.29, 1.82) is 0 Å². The molecule has 0 aliphatic rings. The van der Waals surface area contributed by atoms with Crippen molar-refractivity contribution >= 4 is 5.91 Å². The second-order valence-corrected chi connectivity index (χ2v) is 4.03. The summed E-state index contributed by atoms with van der Waals surface area (Å²) >= 11 is 0. The molecule has 0 aliphatic heterocycles. The van der Waals surface area contributed by atoms with Gasteiger partial charge in [0.05, 0.1) is 12.2 Å². The Bertz CT molecular complexity index is 358. The van der Waals surface area contributed by atoms with Gasteiger partial charge in [-0.3, -0.25) is 4.79 Å². The highest BCUT2D eigenvalue weighted by Crippen LogP contribution is 2.07. The fourth-order valence-electron chi connectivity index (χ4n) is 1.48. The first-order valence-electron chi connectivity index (χ1n) is 5.43. The van der Waals surface area contributed by atoms with Gasteiger partial charge in [-0.1, -0.05) is 18.6 Å². The Morgan fingerprint density at radius 1 is 1.50 bits per heavy atom. The Morgan fingerprint density at radius 2 is 2.19 bits per heavy atom. The molecule has 1 aromatic rings. The van der Waals surface area contributed by atoms with Gasteiger partial charge in [-0.05, 0) is 20.5 Å². The van der Waals surface area contributed by atoms with Crippen LogP contribution in [0.3, 0.4) is 0 Å². The number of amides is 1. The molecule has 90 valence electrons. The molecule has 6 heteroatoms. The quantitative estimate of drug-likeness (QED) is 0.733. The van der Waals surface area contributed by atoms with Crippen molar-refractivity contribution in [2.24, 2.45) is 5.73 Å². The summed E-state index contributed by atoms with van der Waals surface area (Å²) in [6.07, 6.45) is 1.72. The molecule has 0 aromatic carbocycles. The van der Waals surface area contributed by atoms with Gasteiger partial charge in [0.25, 0.3) is 5.91 Å². The van der Waals surface area contributed by atoms with Crippen molar-refractivity contribution in [2.75, 3.05) is 20.6 Å². The summed E-state index contributed by atoms with van der Waals surface area (Å²) in [7, 11) is 3.98. The minimum Gasteiger partial charge on any atom is -0.364 e. The molecular formula is C10H19N5O. The Kier molecular flexibility index (Phi) is 4.42. The predicted molar refractivity (Wildman–Crippen MR) is 61.1 cm³/mol. The summed E-state index contributed by atoms with van der Waals surface area (Å²) in [5.74, 6) is -0.500. The lowest BCUT2D eigenvalue weighted by Gasteiger charge is -2.10. The van der Waals surface area contributed by atoms with Crippen LogP contribution >= 0.6 is 0 Å². The third-order valence-electron chi connectivity index (χ3n) is 2.32. The predicted octanol–water partition coefficient (Wildman–Crippen LogP) is -0.109. The van der Waals surface area contributed by atoms with E-state index in [2.05, 4.69) is 15.2 Å². The number of likely N-dealkylation sites (N-methyl/N-ethyl adjacent to an activating group) is 1. The Labute approximate surface area is 95.4 Å². The molecule has 0 aliphatic carbocycles. The van der Waals surface area contributed by atoms with Gasteiger partial charge in [0.2, 0.25) is 0 Å². The molecule has 1 heterocycles. The monoisotopic (exact) mass is 225 g/mol. The number of nitrogens with two attached hydrogens (primary N) is 1. The van der Waals surface area contributed by atoms with Crippen molar-refractivity contribution in [2.45, 2.75) is 26.3 Å². The molecule has 16 heavy (non-hydrogen) atoms. The van der Waals surface area contributed by atoms with Crippen molar-refractivity contribution in [3.8, 4) is 0 Å². The summed E-state index contributed by atoms with van der Waals surface area (Å²) in [6.45, 7) is 3.63. The lowest BCUT2D eigenvalue weighted by Crippen LogP contribution is -2.21. The van der Waals surface area contributed by atoms with Gasteiger partial charge < -0.3 is 10.6 Å². The van der Waals surface area contributed by atoms with Gasteiger partial charge in [-0.15, -0.1) is 5.10 Å². The third-order valence-corrected chi connectivity index (χ3v) is 2.32. The van der Waals surface area contributed by atoms with E-state index in [0.29, 0.717) is 5.69 Å². The summed E-state index contributed by atoms with van der Waals surface area (Å²) in [5, 5.41) is 7.80. The molecule has 0 atom stereocenters. The first-order chi connectivity index (χ1) is 7.56. The highest BCUT2D eigenvalue weighted by molar-refractivity contribution is 5.91. The summed E-state index contributed by atoms with van der Waals surface area (Å²) in [4.78, 5) is 13.2. The molecular weight excluding hydrogens is 206 g/mol. The molecule has 0 fully saturated rings. The number of nitrogens with zero attached hydrogens (tertiary/aromatic N) is 4. The smallest absolute Gasteiger partial charge is 0.271 e. The zero-order valence-corrected chi connectivity index (χ0v) is 10.1. The molecule has 1 amide bonds. The standard InChI is InChI=1S/C10H19N5O/c1-4-5-8-9(10(11)16)12-13-15(8)7-6-14(2)3/h4-7H2,1-3H3,(H2,11,16). The Hall–Kier alpha value is -1.43. The van der Waals surface area contributed by atoms with Gasteiger partial charge in [0.15, 0.2) is 5.69 Å². The maximum Gasteiger partial charge on any atom is 0.271 e. The van der Waals surface area contributed by atoms with E-state index >= 15 is 0 Å². The minimum atomic E-state index is -0.500. The number of hydrogen-bond acceptors (Lipinski definition) is 4. The highest BCUT2D eigenvalue weighted by Gasteiger charge is 2.16. The van der Waals surface area contributed by atoms with Crippen molar-refractivity contribution in [3.05, 3.63) is 11.4 Å². The molecule has 0 unspecified atom stereocenters. The molecule has 1 aromatic heterocycles. The van der Waals surface area contributed by atoms with E-state index in [1.54, 1.807) is 4.68 Å². The molecule has 6 nitrogen and oxygen atoms in total. The maximum atomic E-state index is 11.1. The first kappa shape index (κ1) is 12.6. The Balaban J connectivity index is 2.86. The Morgan fingerprint density at radius 3 is 2.69 bits per heavy atom. The lowest BCUT2D eigenvalue weighted by molar-refractivity contribution is 0.0994. The number of hydrogen-bond donors (Lipinski definition) is 1. The second-order valence-electron chi connectivity index (χ2n) is 4.03. The van der Waals surface area contributed by atoms with E-state index in [1.807, 2.05) is 21.0 Å². The first-order valence-corrected chi connectivity index (χ1v) is 5.43. The molecule has 0 saturated carbocycles. The van der Waals surface area contributed by atoms with Gasteiger partial charge in [0.1, 0.15) is 0 Å². The van der Waals surface area contributed by atoms with Crippen LogP contribution in [0.4, 0.5) is 0 Å². The van der Waals surface area contributed by atoms with Gasteiger partial charge in [-0.25, -0.2) is 4.68 Å². The molecule has 1 rings (SSSR count). The summed E-state index contributed by atoms with van der Waals surface area (Å²) in [5.41, 5.74) is 6.40. The van der Waals surface area contributed by atoms with Crippen LogP contribution in [0.25, 0.3) is 0 Å². The molecule has 2 N–H and O–H groups in total. The average Bonchev–Trinajstić information content (AvgIpc) is 2.59. The van der Waals surface area contributed by atoms with Crippen LogP contribution in [-0.2, 0) is 13.0 Å². The average molecular weight is 225 g/mol. The fourth-order valence-corrected chi connectivity index (χ4v) is 1.48. The number of carbonyl (C=O) groups is 1. The normalized spacial score (nSPS) is 11.0. The van der Waals surface area contributed by atoms with Gasteiger partial charge >= 0.3 is 0 Å². The minimum absolute atomic E-state index is 0.306. The summed E-state index contributed by atoms with van der Waals surface area (Å²) < 4.78 is 1.77. The van der Waals surface area contributed by atoms with Gasteiger partial charge in [-0.2, -0.15) is 0 Å². The molecule has 0 spiro atoms. The van der Waals surface area contributed by atoms with Crippen LogP contribution in [0.15, 0.2) is 0 Å². The van der Waals surface area contributed by atoms with E-state index < -0.39 is 5.91 Å². The van der Waals surface area contributed by atoms with Crippen molar-refractivity contribution in [1.82, 2.24) is 19.9 Å². The number of aromatic nitrogens is 3. The van der Waals surface area contributed by atoms with Crippen LogP contribution in [0.1, 0.15) is 29.5 Å².